The first-order chi connectivity index (χ1) is 18.0. The van der Waals surface area contributed by atoms with Gasteiger partial charge in [0.25, 0.3) is 11.8 Å². The lowest BCUT2D eigenvalue weighted by atomic mass is 9.86. The van der Waals surface area contributed by atoms with E-state index in [-0.39, 0.29) is 5.56 Å². The Morgan fingerprint density at radius 3 is 2.59 bits per heavy atom. The van der Waals surface area contributed by atoms with Crippen molar-refractivity contribution in [2.75, 3.05) is 6.61 Å². The van der Waals surface area contributed by atoms with Crippen molar-refractivity contribution < 1.29 is 27.9 Å². The molecule has 0 atom stereocenters. The molecule has 37 heavy (non-hydrogen) atoms. The largest absolute Gasteiger partial charge is 0.465 e. The van der Waals surface area contributed by atoms with Gasteiger partial charge in [-0.1, -0.05) is 18.2 Å². The number of pyridine rings is 1. The maximum atomic E-state index is 13.3. The highest BCUT2D eigenvalue weighted by atomic mass is 19.1. The van der Waals surface area contributed by atoms with E-state index in [0.29, 0.717) is 34.3 Å². The number of benzene rings is 2. The Labute approximate surface area is 211 Å². The molecule has 1 aliphatic carbocycles. The Bertz CT molecular complexity index is 1510. The summed E-state index contributed by atoms with van der Waals surface area (Å²) in [7, 11) is 0. The predicted octanol–water partition coefficient (Wildman–Crippen LogP) is 4.46. The van der Waals surface area contributed by atoms with Crippen molar-refractivity contribution in [2.45, 2.75) is 19.3 Å². The third kappa shape index (κ3) is 5.25. The monoisotopic (exact) mass is 499 g/mol. The number of nitrogens with one attached hydrogen (secondary N) is 2. The van der Waals surface area contributed by atoms with Crippen LogP contribution in [0.15, 0.2) is 71.3 Å². The topological polar surface area (TPSA) is 111 Å². The molecule has 0 aliphatic heterocycles. The lowest BCUT2D eigenvalue weighted by Crippen LogP contribution is -2.43. The van der Waals surface area contributed by atoms with E-state index in [9.17, 15) is 18.8 Å². The molecule has 0 bridgehead atoms. The molecule has 2 heterocycles. The molecule has 0 spiro atoms. The summed E-state index contributed by atoms with van der Waals surface area (Å²) in [5, 5.41) is 0.635. The normalized spacial score (nSPS) is 13.7. The molecule has 1 aliphatic rings. The van der Waals surface area contributed by atoms with E-state index in [1.54, 1.807) is 18.4 Å². The average Bonchev–Trinajstić information content (AvgIpc) is 3.43. The minimum absolute atomic E-state index is 0.159. The molecule has 186 valence electrons. The van der Waals surface area contributed by atoms with Gasteiger partial charge in [-0.05, 0) is 78.9 Å². The number of halogens is 1. The van der Waals surface area contributed by atoms with Crippen LogP contribution in [0.3, 0.4) is 0 Å². The Morgan fingerprint density at radius 1 is 1.00 bits per heavy atom. The number of carbonyl (C=O) groups excluding carboxylic acids is 3. The molecule has 8 nitrogen and oxygen atoms in total. The summed E-state index contributed by atoms with van der Waals surface area (Å²) in [4.78, 5) is 42.4. The van der Waals surface area contributed by atoms with E-state index < -0.39 is 30.2 Å². The zero-order valence-electron chi connectivity index (χ0n) is 19.6. The summed E-state index contributed by atoms with van der Waals surface area (Å²) in [5.41, 5.74) is 8.00. The molecule has 9 heteroatoms. The van der Waals surface area contributed by atoms with Crippen LogP contribution in [0, 0.1) is 5.82 Å². The fraction of sp³-hybridized carbons (Fsp3) is 0.143. The Kier molecular flexibility index (Phi) is 6.76. The van der Waals surface area contributed by atoms with E-state index in [4.69, 9.17) is 14.1 Å². The number of fused-ring (bicyclic) bond motifs is 2. The Balaban J connectivity index is 1.34. The second kappa shape index (κ2) is 10.4. The van der Waals surface area contributed by atoms with E-state index >= 15 is 0 Å². The van der Waals surface area contributed by atoms with Crippen molar-refractivity contribution in [1.82, 2.24) is 15.8 Å². The maximum absolute atomic E-state index is 13.3. The van der Waals surface area contributed by atoms with Crippen molar-refractivity contribution in [3.05, 3.63) is 101 Å². The van der Waals surface area contributed by atoms with Crippen LogP contribution in [-0.4, -0.2) is 29.4 Å². The van der Waals surface area contributed by atoms with Crippen LogP contribution in [0.2, 0.25) is 0 Å². The van der Waals surface area contributed by atoms with Crippen LogP contribution >= 0.6 is 0 Å². The van der Waals surface area contributed by atoms with Crippen LogP contribution < -0.4 is 10.9 Å². The van der Waals surface area contributed by atoms with Crippen LogP contribution in [0.4, 0.5) is 4.39 Å². The average molecular weight is 499 g/mol. The Morgan fingerprint density at radius 2 is 1.81 bits per heavy atom. The minimum atomic E-state index is -0.727. The smallest absolute Gasteiger partial charge is 0.339 e. The van der Waals surface area contributed by atoms with Crippen LogP contribution in [0.25, 0.3) is 22.6 Å². The molecule has 0 saturated carbocycles. The number of aromatic nitrogens is 1. The summed E-state index contributed by atoms with van der Waals surface area (Å²) < 4.78 is 23.8. The molecule has 0 unspecified atom stereocenters. The highest BCUT2D eigenvalue weighted by Gasteiger charge is 2.26. The summed E-state index contributed by atoms with van der Waals surface area (Å²) in [6.07, 6.45) is 5.75. The molecule has 0 fully saturated rings. The summed E-state index contributed by atoms with van der Waals surface area (Å²) >= 11 is 0. The SMILES string of the molecule is O=C(COC(=O)c1c2c(nc3ccccc13)C(=Cc1ccco1)CCC2)NNC(=O)c1ccc(F)cc1. The maximum Gasteiger partial charge on any atom is 0.339 e. The van der Waals surface area contributed by atoms with Gasteiger partial charge >= 0.3 is 5.97 Å². The van der Waals surface area contributed by atoms with Crippen molar-refractivity contribution in [3.63, 3.8) is 0 Å². The molecule has 2 N–H and O–H groups in total. The second-order valence-corrected chi connectivity index (χ2v) is 8.45. The summed E-state index contributed by atoms with van der Waals surface area (Å²) in [6.45, 7) is -0.608. The number of rotatable bonds is 5. The van der Waals surface area contributed by atoms with E-state index in [0.717, 1.165) is 36.1 Å². The van der Waals surface area contributed by atoms with Gasteiger partial charge in [-0.15, -0.1) is 0 Å². The Hall–Kier alpha value is -4.79. The van der Waals surface area contributed by atoms with Gasteiger partial charge in [0, 0.05) is 10.9 Å². The lowest BCUT2D eigenvalue weighted by Gasteiger charge is -2.22. The van der Waals surface area contributed by atoms with Gasteiger partial charge in [0.05, 0.1) is 23.0 Å². The first-order valence-electron chi connectivity index (χ1n) is 11.7. The van der Waals surface area contributed by atoms with Gasteiger partial charge in [0.15, 0.2) is 6.61 Å². The highest BCUT2D eigenvalue weighted by Crippen LogP contribution is 2.36. The molecule has 0 radical (unpaired) electrons. The minimum Gasteiger partial charge on any atom is -0.465 e. The van der Waals surface area contributed by atoms with Gasteiger partial charge in [-0.2, -0.15) is 0 Å². The number of allylic oxidation sites excluding steroid dienone is 1. The highest BCUT2D eigenvalue weighted by molar-refractivity contribution is 6.07. The predicted molar refractivity (Wildman–Crippen MR) is 134 cm³/mol. The number of amides is 2. The zero-order chi connectivity index (χ0) is 25.8. The van der Waals surface area contributed by atoms with E-state index in [1.807, 2.05) is 30.3 Å². The van der Waals surface area contributed by atoms with Crippen LogP contribution in [-0.2, 0) is 16.0 Å². The van der Waals surface area contributed by atoms with Crippen molar-refractivity contribution in [3.8, 4) is 0 Å². The van der Waals surface area contributed by atoms with Gasteiger partial charge in [0.2, 0.25) is 0 Å². The van der Waals surface area contributed by atoms with Gasteiger partial charge < -0.3 is 9.15 Å². The first-order valence-corrected chi connectivity index (χ1v) is 11.7. The molecular weight excluding hydrogens is 477 g/mol. The molecule has 0 saturated heterocycles. The second-order valence-electron chi connectivity index (χ2n) is 8.45. The van der Waals surface area contributed by atoms with Gasteiger partial charge in [0.1, 0.15) is 11.6 Å². The molecular formula is C28H22FN3O5. The number of hydrogen-bond donors (Lipinski definition) is 2. The van der Waals surface area contributed by atoms with Crippen LogP contribution in [0.5, 0.6) is 0 Å². The van der Waals surface area contributed by atoms with Crippen molar-refractivity contribution in [2.24, 2.45) is 0 Å². The fourth-order valence-electron chi connectivity index (χ4n) is 4.29. The number of para-hydroxylation sites is 1. The third-order valence-corrected chi connectivity index (χ3v) is 5.99. The quantitative estimate of drug-likeness (QED) is 0.310. The number of furan rings is 1. The van der Waals surface area contributed by atoms with Crippen LogP contribution in [0.1, 0.15) is 50.6 Å². The number of esters is 1. The zero-order valence-corrected chi connectivity index (χ0v) is 19.6. The van der Waals surface area contributed by atoms with E-state index in [2.05, 4.69) is 10.9 Å². The first kappa shape index (κ1) is 23.9. The fourth-order valence-corrected chi connectivity index (χ4v) is 4.29. The third-order valence-electron chi connectivity index (χ3n) is 5.99. The van der Waals surface area contributed by atoms with Crippen molar-refractivity contribution >= 4 is 40.3 Å². The van der Waals surface area contributed by atoms with Gasteiger partial charge in [-0.25, -0.2) is 14.2 Å². The number of hydrazine groups is 1. The number of hydrogen-bond acceptors (Lipinski definition) is 6. The molecule has 2 aromatic heterocycles. The summed E-state index contributed by atoms with van der Waals surface area (Å²) in [5.74, 6) is -1.81. The molecule has 5 rings (SSSR count). The standard InChI is InChI=1S/C28H22FN3O5/c29-19-12-10-17(11-13-19)27(34)32-31-24(33)16-37-28(35)25-21-7-1-2-9-23(21)30-26-18(5-3-8-22(25)26)15-20-6-4-14-36-20/h1-2,4,6-7,9-15H,3,5,8,16H2,(H,31,33)(H,32,34). The lowest BCUT2D eigenvalue weighted by molar-refractivity contribution is -0.125. The van der Waals surface area contributed by atoms with Gasteiger partial charge in [-0.3, -0.25) is 20.4 Å². The van der Waals surface area contributed by atoms with Crippen molar-refractivity contribution in [1.29, 1.82) is 0 Å². The molecule has 4 aromatic rings. The number of carbonyl (C=O) groups is 3. The van der Waals surface area contributed by atoms with E-state index in [1.165, 1.54) is 12.1 Å². The summed E-state index contributed by atoms with van der Waals surface area (Å²) in [6, 6.07) is 15.8. The molecule has 2 amide bonds. The molecule has 2 aromatic carbocycles. The number of ether oxygens (including phenoxy) is 1. The number of nitrogens with zero attached hydrogens (tertiary/aromatic N) is 1.